The van der Waals surface area contributed by atoms with Crippen LogP contribution in [0, 0.1) is 0 Å². The number of H-pyrrole nitrogens is 1. The van der Waals surface area contributed by atoms with Gasteiger partial charge >= 0.3 is 5.97 Å². The van der Waals surface area contributed by atoms with E-state index in [0.717, 1.165) is 4.90 Å². The van der Waals surface area contributed by atoms with Crippen LogP contribution >= 0.6 is 0 Å². The van der Waals surface area contributed by atoms with Gasteiger partial charge in [-0.2, -0.15) is 0 Å². The third-order valence-electron chi connectivity index (χ3n) is 3.60. The Labute approximate surface area is 130 Å². The van der Waals surface area contributed by atoms with Crippen LogP contribution in [0.1, 0.15) is 10.4 Å². The van der Waals surface area contributed by atoms with E-state index >= 15 is 0 Å². The van der Waals surface area contributed by atoms with Crippen molar-refractivity contribution in [2.24, 2.45) is 0 Å². The summed E-state index contributed by atoms with van der Waals surface area (Å²) in [6.45, 7) is 0.260. The van der Waals surface area contributed by atoms with Crippen LogP contribution in [0.5, 0.6) is 0 Å². The van der Waals surface area contributed by atoms with E-state index in [2.05, 4.69) is 4.98 Å². The van der Waals surface area contributed by atoms with E-state index in [9.17, 15) is 19.5 Å². The van der Waals surface area contributed by atoms with Crippen molar-refractivity contribution in [3.05, 3.63) is 46.4 Å². The first-order valence-corrected chi connectivity index (χ1v) is 6.96. The summed E-state index contributed by atoms with van der Waals surface area (Å²) in [4.78, 5) is 39.6. The molecule has 1 saturated heterocycles. The molecule has 23 heavy (non-hydrogen) atoms. The van der Waals surface area contributed by atoms with Crippen LogP contribution in [0.2, 0.25) is 0 Å². The first-order valence-electron chi connectivity index (χ1n) is 6.96. The van der Waals surface area contributed by atoms with Crippen LogP contribution in [0.4, 0.5) is 0 Å². The molecule has 1 aliphatic rings. The van der Waals surface area contributed by atoms with E-state index in [1.807, 2.05) is 0 Å². The fourth-order valence-corrected chi connectivity index (χ4v) is 2.42. The number of aliphatic carboxylic acids is 1. The second kappa shape index (κ2) is 6.09. The summed E-state index contributed by atoms with van der Waals surface area (Å²) in [7, 11) is 0. The molecule has 0 spiro atoms. The molecule has 1 fully saturated rings. The molecule has 3 heterocycles. The Hall–Kier alpha value is -2.87. The van der Waals surface area contributed by atoms with Crippen molar-refractivity contribution in [2.45, 2.75) is 6.04 Å². The number of amides is 1. The molecule has 0 aromatic carbocycles. The molecule has 1 atom stereocenters. The summed E-state index contributed by atoms with van der Waals surface area (Å²) in [5.41, 5.74) is -0.277. The van der Waals surface area contributed by atoms with Crippen LogP contribution in [0.25, 0.3) is 11.5 Å². The minimum Gasteiger partial charge on any atom is -0.480 e. The average molecular weight is 318 g/mol. The zero-order valence-electron chi connectivity index (χ0n) is 12.0. The Kier molecular flexibility index (Phi) is 3.98. The summed E-state index contributed by atoms with van der Waals surface area (Å²) in [5, 5.41) is 9.17. The second-order valence-electron chi connectivity index (χ2n) is 5.02. The number of nitrogens with zero attached hydrogens (tertiary/aromatic N) is 1. The van der Waals surface area contributed by atoms with Crippen molar-refractivity contribution in [3.63, 3.8) is 0 Å². The predicted octanol–water partition coefficient (Wildman–Crippen LogP) is 0.560. The maximum atomic E-state index is 12.5. The fraction of sp³-hybridized carbons (Fsp3) is 0.267. The van der Waals surface area contributed by atoms with Gasteiger partial charge in [-0.1, -0.05) is 0 Å². The molecule has 8 heteroatoms. The highest BCUT2D eigenvalue weighted by atomic mass is 16.5. The van der Waals surface area contributed by atoms with Gasteiger partial charge in [0.2, 0.25) is 0 Å². The summed E-state index contributed by atoms with van der Waals surface area (Å²) in [6.07, 6.45) is 1.47. The number of aromatic amines is 1. The smallest absolute Gasteiger partial charge is 0.328 e. The molecule has 8 nitrogen and oxygen atoms in total. The van der Waals surface area contributed by atoms with Crippen LogP contribution in [0.15, 0.2) is 39.7 Å². The number of carbonyl (C=O) groups is 2. The zero-order valence-corrected chi connectivity index (χ0v) is 12.0. The van der Waals surface area contributed by atoms with Crippen molar-refractivity contribution < 1.29 is 23.8 Å². The summed E-state index contributed by atoms with van der Waals surface area (Å²) >= 11 is 0. The first kappa shape index (κ1) is 15.0. The lowest BCUT2D eigenvalue weighted by Crippen LogP contribution is -2.53. The maximum absolute atomic E-state index is 12.5. The molecule has 0 radical (unpaired) electrons. The van der Waals surface area contributed by atoms with E-state index in [1.165, 1.54) is 12.3 Å². The van der Waals surface area contributed by atoms with Crippen LogP contribution in [-0.2, 0) is 9.53 Å². The third kappa shape index (κ3) is 2.88. The van der Waals surface area contributed by atoms with Crippen molar-refractivity contribution >= 4 is 11.9 Å². The molecule has 1 amide bonds. The van der Waals surface area contributed by atoms with Gasteiger partial charge in [0.15, 0.2) is 6.04 Å². The van der Waals surface area contributed by atoms with Gasteiger partial charge in [-0.05, 0) is 24.3 Å². The highest BCUT2D eigenvalue weighted by Crippen LogP contribution is 2.17. The number of nitrogens with one attached hydrogen (secondary N) is 1. The molecule has 3 rings (SSSR count). The van der Waals surface area contributed by atoms with Gasteiger partial charge in [0, 0.05) is 6.54 Å². The van der Waals surface area contributed by atoms with Gasteiger partial charge in [0.05, 0.1) is 25.2 Å². The van der Waals surface area contributed by atoms with E-state index in [-0.39, 0.29) is 25.3 Å². The van der Waals surface area contributed by atoms with Crippen molar-refractivity contribution in [3.8, 4) is 11.5 Å². The molecule has 2 N–H and O–H groups in total. The number of hydrogen-bond acceptors (Lipinski definition) is 5. The van der Waals surface area contributed by atoms with Crippen LogP contribution in [0.3, 0.4) is 0 Å². The number of rotatable bonds is 3. The predicted molar refractivity (Wildman–Crippen MR) is 78.0 cm³/mol. The van der Waals surface area contributed by atoms with Gasteiger partial charge in [-0.3, -0.25) is 9.59 Å². The summed E-state index contributed by atoms with van der Waals surface area (Å²) in [6, 6.07) is 5.17. The van der Waals surface area contributed by atoms with Crippen molar-refractivity contribution in [2.75, 3.05) is 19.8 Å². The van der Waals surface area contributed by atoms with E-state index in [4.69, 9.17) is 9.15 Å². The van der Waals surface area contributed by atoms with E-state index < -0.39 is 23.5 Å². The highest BCUT2D eigenvalue weighted by molar-refractivity contribution is 5.96. The Balaban J connectivity index is 1.90. The highest BCUT2D eigenvalue weighted by Gasteiger charge is 2.34. The Bertz CT molecular complexity index is 780. The molecule has 120 valence electrons. The van der Waals surface area contributed by atoms with Gasteiger partial charge in [-0.25, -0.2) is 4.79 Å². The van der Waals surface area contributed by atoms with Gasteiger partial charge < -0.3 is 24.1 Å². The SMILES string of the molecule is O=C(O)C1COCCN1C(=O)c1ccc(-c2ccco2)[nH]c1=O. The number of carbonyl (C=O) groups excluding carboxylic acids is 1. The third-order valence-corrected chi connectivity index (χ3v) is 3.60. The molecule has 2 aromatic heterocycles. The average Bonchev–Trinajstić information content (AvgIpc) is 3.08. The number of hydrogen-bond donors (Lipinski definition) is 2. The number of morpholine rings is 1. The van der Waals surface area contributed by atoms with Crippen LogP contribution < -0.4 is 5.56 Å². The number of furan rings is 1. The lowest BCUT2D eigenvalue weighted by molar-refractivity contribution is -0.147. The molecule has 1 aliphatic heterocycles. The molecule has 1 unspecified atom stereocenters. The number of pyridine rings is 1. The van der Waals surface area contributed by atoms with E-state index in [0.29, 0.717) is 11.5 Å². The Morgan fingerprint density at radius 1 is 1.30 bits per heavy atom. The number of ether oxygens (including phenoxy) is 1. The van der Waals surface area contributed by atoms with Crippen molar-refractivity contribution in [1.29, 1.82) is 0 Å². The van der Waals surface area contributed by atoms with Gasteiger partial charge in [-0.15, -0.1) is 0 Å². The number of aromatic nitrogens is 1. The molecule has 0 saturated carbocycles. The van der Waals surface area contributed by atoms with Crippen molar-refractivity contribution in [1.82, 2.24) is 9.88 Å². The Morgan fingerprint density at radius 2 is 2.13 bits per heavy atom. The summed E-state index contributed by atoms with van der Waals surface area (Å²) < 4.78 is 10.3. The molecule has 0 bridgehead atoms. The minimum atomic E-state index is -1.17. The van der Waals surface area contributed by atoms with Gasteiger partial charge in [0.25, 0.3) is 11.5 Å². The minimum absolute atomic E-state index is 0.0938. The standard InChI is InChI=1S/C15H14N2O6/c18-13-9(3-4-10(16-13)12-2-1-6-23-12)14(19)17-5-7-22-8-11(17)15(20)21/h1-4,6,11H,5,7-8H2,(H,16,18)(H,20,21). The lowest BCUT2D eigenvalue weighted by atomic mass is 10.1. The fourth-order valence-electron chi connectivity index (χ4n) is 2.42. The summed E-state index contributed by atoms with van der Waals surface area (Å²) in [5.74, 6) is -1.33. The normalized spacial score (nSPS) is 17.9. The number of carboxylic acids is 1. The maximum Gasteiger partial charge on any atom is 0.328 e. The zero-order chi connectivity index (χ0) is 16.4. The molecular weight excluding hydrogens is 304 g/mol. The Morgan fingerprint density at radius 3 is 2.78 bits per heavy atom. The van der Waals surface area contributed by atoms with Gasteiger partial charge in [0.1, 0.15) is 11.3 Å². The molecule has 0 aliphatic carbocycles. The quantitative estimate of drug-likeness (QED) is 0.855. The van der Waals surface area contributed by atoms with Crippen LogP contribution in [-0.4, -0.2) is 52.7 Å². The monoisotopic (exact) mass is 318 g/mol. The first-order chi connectivity index (χ1) is 11.1. The number of carboxylic acid groups (broad SMARTS) is 1. The molecule has 2 aromatic rings. The molecular formula is C15H14N2O6. The van der Waals surface area contributed by atoms with E-state index in [1.54, 1.807) is 18.2 Å². The second-order valence-corrected chi connectivity index (χ2v) is 5.02. The lowest BCUT2D eigenvalue weighted by Gasteiger charge is -2.32. The topological polar surface area (TPSA) is 113 Å². The largest absolute Gasteiger partial charge is 0.480 e.